The van der Waals surface area contributed by atoms with Gasteiger partial charge in [0.25, 0.3) is 11.8 Å². The summed E-state index contributed by atoms with van der Waals surface area (Å²) in [6, 6.07) is -2.63. The van der Waals surface area contributed by atoms with Crippen LogP contribution in [0.1, 0.15) is 11.7 Å². The fraction of sp³-hybridized carbons (Fsp3) is 0.286. The van der Waals surface area contributed by atoms with Crippen molar-refractivity contribution >= 4 is 69.4 Å². The number of rotatable bonds is 7. The van der Waals surface area contributed by atoms with E-state index in [-0.39, 0.29) is 26.6 Å². The van der Waals surface area contributed by atoms with Gasteiger partial charge in [-0.25, -0.2) is 14.8 Å². The summed E-state index contributed by atoms with van der Waals surface area (Å²) in [4.78, 5) is 57.6. The number of fused-ring (bicyclic) bond motifs is 1. The molecule has 0 spiro atoms. The van der Waals surface area contributed by atoms with Crippen LogP contribution in [0.2, 0.25) is 4.34 Å². The van der Waals surface area contributed by atoms with Crippen molar-refractivity contribution in [2.45, 2.75) is 22.6 Å². The van der Waals surface area contributed by atoms with E-state index in [0.29, 0.717) is 10.1 Å². The Morgan fingerprint density at radius 2 is 2.29 bits per heavy atom. The number of halogens is 1. The van der Waals surface area contributed by atoms with Gasteiger partial charge in [-0.1, -0.05) is 34.7 Å². The van der Waals surface area contributed by atoms with Crippen LogP contribution in [0.4, 0.5) is 5.13 Å². The van der Waals surface area contributed by atoms with Gasteiger partial charge < -0.3 is 16.2 Å². The van der Waals surface area contributed by atoms with Gasteiger partial charge in [-0.05, 0) is 5.18 Å². The van der Waals surface area contributed by atoms with Crippen LogP contribution in [-0.2, 0) is 14.4 Å². The first-order chi connectivity index (χ1) is 14.8. The molecule has 0 saturated carbocycles. The Balaban J connectivity index is 1.52. The molecule has 4 heterocycles. The van der Waals surface area contributed by atoms with Crippen LogP contribution in [0.5, 0.6) is 0 Å². The van der Waals surface area contributed by atoms with Crippen LogP contribution >= 0.6 is 46.5 Å². The molecule has 2 aliphatic rings. The molecule has 0 aromatic carbocycles. The number of H-pyrrole nitrogens is 1. The number of nitrogens with one attached hydrogen (secondary N) is 2. The average Bonchev–Trinajstić information content (AvgIpc) is 3.35. The van der Waals surface area contributed by atoms with E-state index < -0.39 is 35.2 Å². The quantitative estimate of drug-likeness (QED) is 0.308. The van der Waals surface area contributed by atoms with Gasteiger partial charge in [0, 0.05) is 10.7 Å². The molecule has 2 aromatic rings. The molecule has 2 unspecified atom stereocenters. The van der Waals surface area contributed by atoms with Crippen LogP contribution in [0.25, 0.3) is 0 Å². The molecule has 0 radical (unpaired) electrons. The number of carboxylic acid groups (broad SMARTS) is 1. The number of hydrogen-bond donors (Lipinski definition) is 4. The fourth-order valence-electron chi connectivity index (χ4n) is 2.98. The minimum absolute atomic E-state index is 0.0380. The number of anilines is 1. The molecule has 3 atom stereocenters. The van der Waals surface area contributed by atoms with E-state index in [1.807, 2.05) is 0 Å². The van der Waals surface area contributed by atoms with Gasteiger partial charge in [0.1, 0.15) is 33.5 Å². The molecule has 2 aromatic heterocycles. The highest BCUT2D eigenvalue weighted by molar-refractivity contribution is 8.06. The summed E-state index contributed by atoms with van der Waals surface area (Å²) in [5, 5.41) is 20.9. The number of carbonyl (C=O) groups is 3. The Labute approximate surface area is 190 Å². The second-order valence-corrected chi connectivity index (χ2v) is 9.91. The van der Waals surface area contributed by atoms with Crippen LogP contribution < -0.4 is 11.1 Å². The highest BCUT2D eigenvalue weighted by atomic mass is 35.5. The van der Waals surface area contributed by atoms with Crippen molar-refractivity contribution in [3.05, 3.63) is 31.9 Å². The summed E-state index contributed by atoms with van der Waals surface area (Å²) in [5.41, 5.74) is 5.24. The zero-order valence-corrected chi connectivity index (χ0v) is 18.2. The molecular weight excluding hydrogens is 492 g/mol. The third-order valence-corrected chi connectivity index (χ3v) is 7.84. The SMILES string of the molecule is Nc1nc(C(N=O)C(=O)N[C@@H]2C(=O)N3C(C(=O)O)=C(Sc4ncn[nH]4)CSC23)c(Cl)s1. The molecule has 0 bridgehead atoms. The van der Waals surface area contributed by atoms with Gasteiger partial charge in [0.05, 0.1) is 0 Å². The van der Waals surface area contributed by atoms with Crippen LogP contribution in [0.15, 0.2) is 27.3 Å². The molecule has 1 fully saturated rings. The van der Waals surface area contributed by atoms with Gasteiger partial charge in [0.15, 0.2) is 10.3 Å². The third kappa shape index (κ3) is 3.86. The number of nitrogens with zero attached hydrogens (tertiary/aromatic N) is 5. The van der Waals surface area contributed by atoms with E-state index >= 15 is 0 Å². The maximum Gasteiger partial charge on any atom is 0.353 e. The van der Waals surface area contributed by atoms with Crippen molar-refractivity contribution in [2.75, 3.05) is 11.5 Å². The van der Waals surface area contributed by atoms with Gasteiger partial charge in [-0.15, -0.1) is 16.7 Å². The Bertz CT molecular complexity index is 1110. The van der Waals surface area contributed by atoms with Crippen LogP contribution in [0.3, 0.4) is 0 Å². The maximum absolute atomic E-state index is 12.7. The number of carbonyl (C=O) groups excluding carboxylic acids is 2. The standard InChI is InChI=1S/C14H11ClN8O5S3/c15-8-4(20-13(16)31-8)5(22-28)9(24)19-6-10(25)23-7(12(26)27)3(1-29-11(6)23)30-14-17-2-18-21-14/h2,5-6,11H,1H2,(H2,16,20)(H,19,24)(H,26,27)(H,17,18,21)/t5?,6-,11?/m1/s1. The lowest BCUT2D eigenvalue weighted by atomic mass is 10.0. The highest BCUT2D eigenvalue weighted by Crippen LogP contribution is 2.44. The number of amides is 2. The molecule has 13 nitrogen and oxygen atoms in total. The molecule has 1 saturated heterocycles. The molecule has 2 amide bonds. The topological polar surface area (TPSA) is 197 Å². The van der Waals surface area contributed by atoms with Gasteiger partial charge >= 0.3 is 5.97 Å². The number of thioether (sulfide) groups is 2. The number of aromatic nitrogens is 4. The van der Waals surface area contributed by atoms with Gasteiger partial charge in [-0.3, -0.25) is 19.6 Å². The van der Waals surface area contributed by atoms with E-state index in [4.69, 9.17) is 17.3 Å². The monoisotopic (exact) mass is 502 g/mol. The maximum atomic E-state index is 12.7. The lowest BCUT2D eigenvalue weighted by molar-refractivity contribution is -0.150. The Hall–Kier alpha value is -2.69. The summed E-state index contributed by atoms with van der Waals surface area (Å²) >= 11 is 9.14. The fourth-order valence-corrected chi connectivity index (χ4v) is 6.30. The number of nitrogens with two attached hydrogens (primary N) is 1. The Kier molecular flexibility index (Phi) is 5.87. The van der Waals surface area contributed by atoms with Crippen molar-refractivity contribution < 1.29 is 19.5 Å². The number of hydrogen-bond acceptors (Lipinski definition) is 12. The van der Waals surface area contributed by atoms with E-state index in [0.717, 1.165) is 28.0 Å². The molecule has 31 heavy (non-hydrogen) atoms. The number of aromatic amines is 1. The number of nitrogen functional groups attached to an aromatic ring is 1. The van der Waals surface area contributed by atoms with Crippen molar-refractivity contribution in [2.24, 2.45) is 5.18 Å². The molecule has 5 N–H and O–H groups in total. The van der Waals surface area contributed by atoms with Crippen LogP contribution in [0, 0.1) is 4.91 Å². The summed E-state index contributed by atoms with van der Waals surface area (Å²) in [6.07, 6.45) is 1.28. The van der Waals surface area contributed by atoms with E-state index in [9.17, 15) is 24.4 Å². The van der Waals surface area contributed by atoms with Crippen LogP contribution in [-0.4, -0.2) is 65.1 Å². The van der Waals surface area contributed by atoms with Gasteiger partial charge in [0.2, 0.25) is 6.04 Å². The molecule has 0 aliphatic carbocycles. The Morgan fingerprint density at radius 1 is 1.52 bits per heavy atom. The second-order valence-electron chi connectivity index (χ2n) is 6.08. The lowest BCUT2D eigenvalue weighted by Gasteiger charge is -2.49. The summed E-state index contributed by atoms with van der Waals surface area (Å²) < 4.78 is 0.0380. The van der Waals surface area contributed by atoms with Crippen molar-refractivity contribution in [1.29, 1.82) is 0 Å². The minimum atomic E-state index is -1.59. The lowest BCUT2D eigenvalue weighted by Crippen LogP contribution is -2.70. The molecule has 162 valence electrons. The number of carboxylic acids is 1. The average molecular weight is 503 g/mol. The zero-order valence-electron chi connectivity index (χ0n) is 15.0. The second kappa shape index (κ2) is 8.45. The first kappa shape index (κ1) is 21.5. The third-order valence-electron chi connectivity index (χ3n) is 4.29. The molecule has 17 heteroatoms. The number of nitroso groups, excluding NO2 is 1. The predicted molar refractivity (Wildman–Crippen MR) is 112 cm³/mol. The zero-order chi connectivity index (χ0) is 22.3. The predicted octanol–water partition coefficient (Wildman–Crippen LogP) is 0.793. The number of thiazole rings is 1. The summed E-state index contributed by atoms with van der Waals surface area (Å²) in [5.74, 6) is -2.55. The number of aliphatic carboxylic acids is 1. The van der Waals surface area contributed by atoms with Crippen molar-refractivity contribution in [1.82, 2.24) is 30.4 Å². The highest BCUT2D eigenvalue weighted by Gasteiger charge is 2.55. The summed E-state index contributed by atoms with van der Waals surface area (Å²) in [7, 11) is 0. The summed E-state index contributed by atoms with van der Waals surface area (Å²) in [6.45, 7) is 0. The Morgan fingerprint density at radius 3 is 2.87 bits per heavy atom. The number of β-lactam (4-membered cyclic amide) rings is 1. The smallest absolute Gasteiger partial charge is 0.353 e. The van der Waals surface area contributed by atoms with E-state index in [2.05, 4.69) is 30.7 Å². The first-order valence-corrected chi connectivity index (χ1v) is 11.4. The van der Waals surface area contributed by atoms with E-state index in [1.165, 1.54) is 18.1 Å². The van der Waals surface area contributed by atoms with Crippen molar-refractivity contribution in [3.63, 3.8) is 0 Å². The largest absolute Gasteiger partial charge is 0.477 e. The van der Waals surface area contributed by atoms with E-state index in [1.54, 1.807) is 0 Å². The molecule has 4 rings (SSSR count). The van der Waals surface area contributed by atoms with Gasteiger partial charge in [-0.2, -0.15) is 5.10 Å². The molecule has 2 aliphatic heterocycles. The normalized spacial score (nSPS) is 21.3. The minimum Gasteiger partial charge on any atom is -0.477 e. The molecular formula is C14H11ClN8O5S3. The van der Waals surface area contributed by atoms with Crippen molar-refractivity contribution in [3.8, 4) is 0 Å². The first-order valence-electron chi connectivity index (χ1n) is 8.30.